The van der Waals surface area contributed by atoms with Gasteiger partial charge in [0.25, 0.3) is 0 Å². The second-order valence-electron chi connectivity index (χ2n) is 3.76. The molecule has 0 heterocycles. The number of carboxylic acid groups (broad SMARTS) is 1. The predicted octanol–water partition coefficient (Wildman–Crippen LogP) is 2.62. The first-order chi connectivity index (χ1) is 8.02. The molecule has 1 atom stereocenters. The molecule has 0 bridgehead atoms. The molecule has 1 unspecified atom stereocenters. The summed E-state index contributed by atoms with van der Waals surface area (Å²) >= 11 is 1.57. The highest BCUT2D eigenvalue weighted by molar-refractivity contribution is 8.00. The highest BCUT2D eigenvalue weighted by atomic mass is 32.2. The van der Waals surface area contributed by atoms with Crippen molar-refractivity contribution in [2.45, 2.75) is 29.9 Å². The lowest BCUT2D eigenvalue weighted by Gasteiger charge is -2.12. The fraction of sp³-hybridized carbons (Fsp3) is 0.417. The Kier molecular flexibility index (Phi) is 5.15. The number of thioether (sulfide) groups is 1. The van der Waals surface area contributed by atoms with Crippen LogP contribution in [0.3, 0.4) is 0 Å². The highest BCUT2D eigenvalue weighted by Crippen LogP contribution is 2.33. The topological polar surface area (TPSA) is 72.5 Å². The SMILES string of the molecule is COc1ccc(N)c(SC(C)CCC(=O)O)c1. The van der Waals surface area contributed by atoms with E-state index in [-0.39, 0.29) is 11.7 Å². The molecule has 17 heavy (non-hydrogen) atoms. The van der Waals surface area contributed by atoms with Crippen LogP contribution in [0.25, 0.3) is 0 Å². The van der Waals surface area contributed by atoms with Crippen LogP contribution in [0.1, 0.15) is 19.8 Å². The van der Waals surface area contributed by atoms with E-state index in [1.807, 2.05) is 13.0 Å². The van der Waals surface area contributed by atoms with Gasteiger partial charge in [-0.1, -0.05) is 6.92 Å². The van der Waals surface area contributed by atoms with Crippen LogP contribution in [0.15, 0.2) is 23.1 Å². The fourth-order valence-electron chi connectivity index (χ4n) is 1.35. The molecule has 0 aromatic heterocycles. The summed E-state index contributed by atoms with van der Waals surface area (Å²) in [6, 6.07) is 5.48. The molecule has 94 valence electrons. The van der Waals surface area contributed by atoms with Crippen LogP contribution in [0, 0.1) is 0 Å². The zero-order valence-electron chi connectivity index (χ0n) is 9.97. The van der Waals surface area contributed by atoms with E-state index in [4.69, 9.17) is 15.6 Å². The van der Waals surface area contributed by atoms with Gasteiger partial charge in [0, 0.05) is 22.3 Å². The van der Waals surface area contributed by atoms with Crippen LogP contribution in [-0.4, -0.2) is 23.4 Å². The van der Waals surface area contributed by atoms with Crippen molar-refractivity contribution in [2.75, 3.05) is 12.8 Å². The Morgan fingerprint density at radius 1 is 1.59 bits per heavy atom. The predicted molar refractivity (Wildman–Crippen MR) is 69.6 cm³/mol. The van der Waals surface area contributed by atoms with Crippen molar-refractivity contribution in [3.8, 4) is 5.75 Å². The number of rotatable bonds is 6. The number of nitrogens with two attached hydrogens (primary N) is 1. The molecule has 0 fully saturated rings. The van der Waals surface area contributed by atoms with Crippen molar-refractivity contribution in [3.05, 3.63) is 18.2 Å². The monoisotopic (exact) mass is 255 g/mol. The number of benzene rings is 1. The van der Waals surface area contributed by atoms with E-state index in [2.05, 4.69) is 0 Å². The number of carboxylic acids is 1. The number of carbonyl (C=O) groups is 1. The first-order valence-corrected chi connectivity index (χ1v) is 6.23. The van der Waals surface area contributed by atoms with Crippen molar-refractivity contribution < 1.29 is 14.6 Å². The van der Waals surface area contributed by atoms with Crippen molar-refractivity contribution in [1.29, 1.82) is 0 Å². The van der Waals surface area contributed by atoms with Gasteiger partial charge in [-0.25, -0.2) is 0 Å². The van der Waals surface area contributed by atoms with Crippen LogP contribution in [0.2, 0.25) is 0 Å². The lowest BCUT2D eigenvalue weighted by Crippen LogP contribution is -2.03. The van der Waals surface area contributed by atoms with Crippen molar-refractivity contribution in [1.82, 2.24) is 0 Å². The number of nitrogen functional groups attached to an aromatic ring is 1. The molecule has 0 saturated heterocycles. The van der Waals surface area contributed by atoms with E-state index in [9.17, 15) is 4.79 Å². The van der Waals surface area contributed by atoms with E-state index in [0.717, 1.165) is 10.6 Å². The molecule has 1 aromatic rings. The summed E-state index contributed by atoms with van der Waals surface area (Å²) < 4.78 is 5.13. The Labute approximate surface area is 105 Å². The van der Waals surface area contributed by atoms with Crippen molar-refractivity contribution in [3.63, 3.8) is 0 Å². The van der Waals surface area contributed by atoms with Gasteiger partial charge in [0.05, 0.1) is 7.11 Å². The largest absolute Gasteiger partial charge is 0.497 e. The van der Waals surface area contributed by atoms with E-state index in [0.29, 0.717) is 12.1 Å². The smallest absolute Gasteiger partial charge is 0.303 e. The summed E-state index contributed by atoms with van der Waals surface area (Å²) in [5.74, 6) is -0.0109. The van der Waals surface area contributed by atoms with Crippen LogP contribution in [-0.2, 0) is 4.79 Å². The minimum atomic E-state index is -0.768. The van der Waals surface area contributed by atoms with Crippen LogP contribution in [0.4, 0.5) is 5.69 Å². The highest BCUT2D eigenvalue weighted by Gasteiger charge is 2.10. The van der Waals surface area contributed by atoms with Gasteiger partial charge in [-0.2, -0.15) is 0 Å². The zero-order chi connectivity index (χ0) is 12.8. The average molecular weight is 255 g/mol. The van der Waals surface area contributed by atoms with E-state index in [1.54, 1.807) is 31.0 Å². The molecule has 0 aliphatic carbocycles. The summed E-state index contributed by atoms with van der Waals surface area (Å²) in [6.45, 7) is 1.99. The third kappa shape index (κ3) is 4.56. The maximum atomic E-state index is 10.5. The summed E-state index contributed by atoms with van der Waals surface area (Å²) in [6.07, 6.45) is 0.800. The average Bonchev–Trinajstić information content (AvgIpc) is 2.29. The Bertz CT molecular complexity index is 395. The number of hydrogen-bond donors (Lipinski definition) is 2. The van der Waals surface area contributed by atoms with Gasteiger partial charge < -0.3 is 15.6 Å². The molecule has 1 rings (SSSR count). The second kappa shape index (κ2) is 6.39. The van der Waals surface area contributed by atoms with Crippen LogP contribution >= 0.6 is 11.8 Å². The fourth-order valence-corrected chi connectivity index (χ4v) is 2.40. The molecule has 0 spiro atoms. The first-order valence-electron chi connectivity index (χ1n) is 5.35. The number of hydrogen-bond acceptors (Lipinski definition) is 4. The minimum absolute atomic E-state index is 0.179. The Morgan fingerprint density at radius 2 is 2.29 bits per heavy atom. The molecule has 3 N–H and O–H groups in total. The Hall–Kier alpha value is -1.36. The molecule has 5 heteroatoms. The molecule has 0 radical (unpaired) electrons. The summed E-state index contributed by atoms with van der Waals surface area (Å²) in [5.41, 5.74) is 6.55. The molecule has 0 amide bonds. The maximum absolute atomic E-state index is 10.5. The lowest BCUT2D eigenvalue weighted by molar-refractivity contribution is -0.137. The number of anilines is 1. The molecule has 0 aliphatic rings. The molecular formula is C12H17NO3S. The Morgan fingerprint density at radius 3 is 2.88 bits per heavy atom. The van der Waals surface area contributed by atoms with Crippen molar-refractivity contribution >= 4 is 23.4 Å². The first kappa shape index (κ1) is 13.7. The van der Waals surface area contributed by atoms with Gasteiger partial charge in [0.2, 0.25) is 0 Å². The van der Waals surface area contributed by atoms with E-state index in [1.165, 1.54) is 0 Å². The molecule has 0 aliphatic heterocycles. The van der Waals surface area contributed by atoms with E-state index >= 15 is 0 Å². The van der Waals surface area contributed by atoms with Gasteiger partial charge in [-0.3, -0.25) is 4.79 Å². The standard InChI is InChI=1S/C12H17NO3S/c1-8(3-6-12(14)15)17-11-7-9(16-2)4-5-10(11)13/h4-5,7-8H,3,6,13H2,1-2H3,(H,14,15). The quantitative estimate of drug-likeness (QED) is 0.604. The van der Waals surface area contributed by atoms with Gasteiger partial charge in [0.15, 0.2) is 0 Å². The maximum Gasteiger partial charge on any atom is 0.303 e. The van der Waals surface area contributed by atoms with Crippen LogP contribution < -0.4 is 10.5 Å². The lowest BCUT2D eigenvalue weighted by atomic mass is 10.2. The molecule has 0 saturated carbocycles. The minimum Gasteiger partial charge on any atom is -0.497 e. The Balaban J connectivity index is 2.63. The van der Waals surface area contributed by atoms with E-state index < -0.39 is 5.97 Å². The van der Waals surface area contributed by atoms with Gasteiger partial charge >= 0.3 is 5.97 Å². The van der Waals surface area contributed by atoms with Gasteiger partial charge in [-0.15, -0.1) is 11.8 Å². The molecule has 4 nitrogen and oxygen atoms in total. The number of ether oxygens (including phenoxy) is 1. The van der Waals surface area contributed by atoms with Crippen molar-refractivity contribution in [2.24, 2.45) is 0 Å². The third-order valence-electron chi connectivity index (χ3n) is 2.31. The third-order valence-corrected chi connectivity index (χ3v) is 3.56. The molecule has 1 aromatic carbocycles. The van der Waals surface area contributed by atoms with Gasteiger partial charge in [0.1, 0.15) is 5.75 Å². The summed E-state index contributed by atoms with van der Waals surface area (Å²) in [5, 5.41) is 8.82. The zero-order valence-corrected chi connectivity index (χ0v) is 10.8. The summed E-state index contributed by atoms with van der Waals surface area (Å²) in [7, 11) is 1.60. The normalized spacial score (nSPS) is 12.1. The van der Waals surface area contributed by atoms with Crippen LogP contribution in [0.5, 0.6) is 5.75 Å². The second-order valence-corrected chi connectivity index (χ2v) is 5.24. The summed E-state index contributed by atoms with van der Waals surface area (Å²) in [4.78, 5) is 11.4. The number of methoxy groups -OCH3 is 1. The molecular weight excluding hydrogens is 238 g/mol. The van der Waals surface area contributed by atoms with Gasteiger partial charge in [-0.05, 0) is 24.6 Å². The number of aliphatic carboxylic acids is 1.